The minimum atomic E-state index is -0.220. The number of hydrogen-bond donors (Lipinski definition) is 1. The van der Waals surface area contributed by atoms with Gasteiger partial charge >= 0.3 is 0 Å². The molecule has 1 atom stereocenters. The number of halogens is 2. The van der Waals surface area contributed by atoms with Gasteiger partial charge in [0.2, 0.25) is 0 Å². The van der Waals surface area contributed by atoms with E-state index in [4.69, 9.17) is 5.73 Å². The van der Waals surface area contributed by atoms with Crippen molar-refractivity contribution in [2.45, 2.75) is 19.4 Å². The first-order valence-electron chi connectivity index (χ1n) is 5.31. The van der Waals surface area contributed by atoms with Crippen LogP contribution >= 0.6 is 15.9 Å². The van der Waals surface area contributed by atoms with Gasteiger partial charge < -0.3 is 5.73 Å². The quantitative estimate of drug-likeness (QED) is 0.946. The lowest BCUT2D eigenvalue weighted by Crippen LogP contribution is -2.12. The number of nitrogen functional groups attached to an aromatic ring is 1. The van der Waals surface area contributed by atoms with Crippen LogP contribution in [0.3, 0.4) is 0 Å². The Morgan fingerprint density at radius 3 is 2.59 bits per heavy atom. The predicted octanol–water partition coefficient (Wildman–Crippen LogP) is 3.17. The maximum absolute atomic E-state index is 12.8. The first kappa shape index (κ1) is 12.1. The molecule has 2 aromatic rings. The van der Waals surface area contributed by atoms with Gasteiger partial charge in [-0.1, -0.05) is 12.1 Å². The second kappa shape index (κ2) is 4.87. The molecule has 1 aromatic heterocycles. The van der Waals surface area contributed by atoms with Crippen LogP contribution in [-0.2, 0) is 6.42 Å². The van der Waals surface area contributed by atoms with Crippen LogP contribution in [0.1, 0.15) is 18.5 Å². The fourth-order valence-electron chi connectivity index (χ4n) is 1.75. The molecule has 0 aliphatic carbocycles. The van der Waals surface area contributed by atoms with Crippen molar-refractivity contribution in [3.63, 3.8) is 0 Å². The lowest BCUT2D eigenvalue weighted by atomic mass is 10.1. The first-order chi connectivity index (χ1) is 8.08. The SMILES string of the molecule is CC(Cc1ccc(F)cc1)n1ncc(Br)c1N. The van der Waals surface area contributed by atoms with Crippen LogP contribution in [0.4, 0.5) is 10.2 Å². The minimum absolute atomic E-state index is 0.131. The van der Waals surface area contributed by atoms with E-state index in [-0.39, 0.29) is 11.9 Å². The molecule has 1 unspecified atom stereocenters. The van der Waals surface area contributed by atoms with Crippen LogP contribution in [0, 0.1) is 5.82 Å². The van der Waals surface area contributed by atoms with Crippen molar-refractivity contribution in [2.75, 3.05) is 5.73 Å². The van der Waals surface area contributed by atoms with Gasteiger partial charge in [-0.3, -0.25) is 0 Å². The number of aromatic nitrogens is 2. The summed E-state index contributed by atoms with van der Waals surface area (Å²) in [5.41, 5.74) is 6.93. The van der Waals surface area contributed by atoms with Crippen molar-refractivity contribution in [1.82, 2.24) is 9.78 Å². The van der Waals surface area contributed by atoms with Crippen LogP contribution in [0.15, 0.2) is 34.9 Å². The summed E-state index contributed by atoms with van der Waals surface area (Å²) in [4.78, 5) is 0. The first-order valence-corrected chi connectivity index (χ1v) is 6.10. The Kier molecular flexibility index (Phi) is 3.47. The van der Waals surface area contributed by atoms with Crippen molar-refractivity contribution in [3.05, 3.63) is 46.3 Å². The molecule has 17 heavy (non-hydrogen) atoms. The van der Waals surface area contributed by atoms with Gasteiger partial charge in [-0.05, 0) is 47.0 Å². The molecule has 3 nitrogen and oxygen atoms in total. The van der Waals surface area contributed by atoms with E-state index in [1.807, 2.05) is 6.92 Å². The molecule has 1 heterocycles. The Bertz CT molecular complexity index is 507. The summed E-state index contributed by atoms with van der Waals surface area (Å²) >= 11 is 3.32. The molecule has 2 N–H and O–H groups in total. The third-order valence-electron chi connectivity index (χ3n) is 2.65. The zero-order valence-corrected chi connectivity index (χ0v) is 11.0. The summed E-state index contributed by atoms with van der Waals surface area (Å²) in [5.74, 6) is 0.391. The van der Waals surface area contributed by atoms with Crippen molar-refractivity contribution < 1.29 is 4.39 Å². The highest BCUT2D eigenvalue weighted by Gasteiger charge is 2.12. The molecule has 0 aliphatic rings. The lowest BCUT2D eigenvalue weighted by Gasteiger charge is -2.14. The standard InChI is InChI=1S/C12H13BrFN3/c1-8(17-12(15)11(13)7-16-17)6-9-2-4-10(14)5-3-9/h2-5,7-8H,6,15H2,1H3. The van der Waals surface area contributed by atoms with Gasteiger partial charge in [-0.25, -0.2) is 9.07 Å². The maximum atomic E-state index is 12.8. The second-order valence-corrected chi connectivity index (χ2v) is 4.86. The van der Waals surface area contributed by atoms with Gasteiger partial charge in [0, 0.05) is 0 Å². The lowest BCUT2D eigenvalue weighted by molar-refractivity contribution is 0.495. The van der Waals surface area contributed by atoms with Gasteiger partial charge in [0.05, 0.1) is 16.7 Å². The maximum Gasteiger partial charge on any atom is 0.136 e. The van der Waals surface area contributed by atoms with E-state index in [1.165, 1.54) is 12.1 Å². The Balaban J connectivity index is 2.14. The smallest absolute Gasteiger partial charge is 0.136 e. The average Bonchev–Trinajstić information content (AvgIpc) is 2.63. The summed E-state index contributed by atoms with van der Waals surface area (Å²) in [6.07, 6.45) is 2.44. The summed E-state index contributed by atoms with van der Waals surface area (Å²) in [5, 5.41) is 4.20. The normalized spacial score (nSPS) is 12.6. The molecule has 90 valence electrons. The number of rotatable bonds is 3. The topological polar surface area (TPSA) is 43.8 Å². The fourth-order valence-corrected chi connectivity index (χ4v) is 2.02. The summed E-state index contributed by atoms with van der Waals surface area (Å²) in [7, 11) is 0. The van der Waals surface area contributed by atoms with E-state index < -0.39 is 0 Å². The van der Waals surface area contributed by atoms with E-state index in [9.17, 15) is 4.39 Å². The molecule has 0 aliphatic heterocycles. The third kappa shape index (κ3) is 2.66. The minimum Gasteiger partial charge on any atom is -0.383 e. The monoisotopic (exact) mass is 297 g/mol. The van der Waals surface area contributed by atoms with Crippen molar-refractivity contribution in [1.29, 1.82) is 0 Å². The molecule has 5 heteroatoms. The highest BCUT2D eigenvalue weighted by atomic mass is 79.9. The van der Waals surface area contributed by atoms with Crippen molar-refractivity contribution in [3.8, 4) is 0 Å². The van der Waals surface area contributed by atoms with E-state index in [0.717, 1.165) is 16.5 Å². The zero-order chi connectivity index (χ0) is 12.4. The molecule has 1 aromatic carbocycles. The van der Waals surface area contributed by atoms with Gasteiger partial charge in [0.15, 0.2) is 0 Å². The second-order valence-electron chi connectivity index (χ2n) is 4.00. The number of nitrogens with two attached hydrogens (primary N) is 1. The molecular formula is C12H13BrFN3. The van der Waals surface area contributed by atoms with Gasteiger partial charge in [-0.2, -0.15) is 5.10 Å². The molecule has 0 saturated carbocycles. The van der Waals surface area contributed by atoms with Gasteiger partial charge in [0.1, 0.15) is 11.6 Å². The average molecular weight is 298 g/mol. The highest BCUT2D eigenvalue weighted by molar-refractivity contribution is 9.10. The summed E-state index contributed by atoms with van der Waals surface area (Å²) in [6.45, 7) is 2.03. The molecule has 0 saturated heterocycles. The van der Waals surface area contributed by atoms with Gasteiger partial charge in [-0.15, -0.1) is 0 Å². The molecule has 2 rings (SSSR count). The number of nitrogens with zero attached hydrogens (tertiary/aromatic N) is 2. The van der Waals surface area contributed by atoms with Crippen LogP contribution in [0.5, 0.6) is 0 Å². The van der Waals surface area contributed by atoms with Crippen LogP contribution in [0.25, 0.3) is 0 Å². The van der Waals surface area contributed by atoms with Crippen LogP contribution in [0.2, 0.25) is 0 Å². The van der Waals surface area contributed by atoms with Crippen molar-refractivity contribution >= 4 is 21.7 Å². The molecular weight excluding hydrogens is 285 g/mol. The largest absolute Gasteiger partial charge is 0.383 e. The van der Waals surface area contributed by atoms with E-state index in [2.05, 4.69) is 21.0 Å². The number of benzene rings is 1. The number of hydrogen-bond acceptors (Lipinski definition) is 2. The van der Waals surface area contributed by atoms with Gasteiger partial charge in [0.25, 0.3) is 0 Å². The molecule has 0 amide bonds. The Hall–Kier alpha value is -1.36. The van der Waals surface area contributed by atoms with E-state index in [1.54, 1.807) is 23.0 Å². The Labute approximate surface area is 108 Å². The fraction of sp³-hybridized carbons (Fsp3) is 0.250. The Morgan fingerprint density at radius 2 is 2.06 bits per heavy atom. The molecule has 0 fully saturated rings. The molecule has 0 spiro atoms. The Morgan fingerprint density at radius 1 is 1.41 bits per heavy atom. The zero-order valence-electron chi connectivity index (χ0n) is 9.40. The molecule has 0 bridgehead atoms. The van der Waals surface area contributed by atoms with Crippen molar-refractivity contribution in [2.24, 2.45) is 0 Å². The van der Waals surface area contributed by atoms with E-state index in [0.29, 0.717) is 5.82 Å². The number of anilines is 1. The predicted molar refractivity (Wildman–Crippen MR) is 69.2 cm³/mol. The third-order valence-corrected chi connectivity index (χ3v) is 3.26. The summed E-state index contributed by atoms with van der Waals surface area (Å²) < 4.78 is 15.3. The summed E-state index contributed by atoms with van der Waals surface area (Å²) in [6, 6.07) is 6.61. The van der Waals surface area contributed by atoms with Crippen LogP contribution < -0.4 is 5.73 Å². The highest BCUT2D eigenvalue weighted by Crippen LogP contribution is 2.23. The van der Waals surface area contributed by atoms with Crippen LogP contribution in [-0.4, -0.2) is 9.78 Å². The van der Waals surface area contributed by atoms with E-state index >= 15 is 0 Å². The molecule has 0 radical (unpaired) electrons.